The Morgan fingerprint density at radius 3 is 2.80 bits per heavy atom. The van der Waals surface area contributed by atoms with E-state index in [-0.39, 0.29) is 10.9 Å². The third kappa shape index (κ3) is 6.08. The van der Waals surface area contributed by atoms with Crippen LogP contribution >= 0.6 is 12.2 Å². The van der Waals surface area contributed by atoms with Crippen LogP contribution in [0.15, 0.2) is 18.3 Å². The van der Waals surface area contributed by atoms with Crippen LogP contribution in [0.25, 0.3) is 0 Å². The first-order chi connectivity index (χ1) is 9.50. The molecule has 0 bridgehead atoms. The SMILES string of the molecule is CC(C)COCCCNC(=O)c1ccc(C(N)=S)cn1. The van der Waals surface area contributed by atoms with Crippen LogP contribution < -0.4 is 11.1 Å². The largest absolute Gasteiger partial charge is 0.389 e. The second-order valence-electron chi connectivity index (χ2n) is 4.87. The van der Waals surface area contributed by atoms with Crippen molar-refractivity contribution >= 4 is 23.1 Å². The fourth-order valence-electron chi connectivity index (χ4n) is 1.46. The lowest BCUT2D eigenvalue weighted by Crippen LogP contribution is -2.26. The van der Waals surface area contributed by atoms with Gasteiger partial charge in [-0.2, -0.15) is 0 Å². The van der Waals surface area contributed by atoms with E-state index in [4.69, 9.17) is 22.7 Å². The molecule has 0 fully saturated rings. The molecule has 20 heavy (non-hydrogen) atoms. The average Bonchev–Trinajstić information content (AvgIpc) is 2.42. The number of pyridine rings is 1. The van der Waals surface area contributed by atoms with E-state index in [1.165, 1.54) is 6.20 Å². The lowest BCUT2D eigenvalue weighted by atomic mass is 10.2. The number of nitrogens with two attached hydrogens (primary N) is 1. The number of hydrogen-bond acceptors (Lipinski definition) is 4. The molecular weight excluding hydrogens is 274 g/mol. The molecule has 1 aromatic heterocycles. The number of nitrogens with one attached hydrogen (secondary N) is 1. The van der Waals surface area contributed by atoms with E-state index < -0.39 is 0 Å². The van der Waals surface area contributed by atoms with Gasteiger partial charge < -0.3 is 15.8 Å². The van der Waals surface area contributed by atoms with E-state index in [1.807, 2.05) is 0 Å². The third-order valence-electron chi connectivity index (χ3n) is 2.48. The summed E-state index contributed by atoms with van der Waals surface area (Å²) in [7, 11) is 0. The van der Waals surface area contributed by atoms with E-state index in [0.717, 1.165) is 13.0 Å². The molecule has 0 unspecified atom stereocenters. The number of nitrogens with zero attached hydrogens (tertiary/aromatic N) is 1. The maximum Gasteiger partial charge on any atom is 0.269 e. The Labute approximate surface area is 124 Å². The van der Waals surface area contributed by atoms with Gasteiger partial charge in [0.1, 0.15) is 10.7 Å². The molecule has 0 aliphatic heterocycles. The number of carbonyl (C=O) groups excluding carboxylic acids is 1. The Morgan fingerprint density at radius 1 is 1.50 bits per heavy atom. The summed E-state index contributed by atoms with van der Waals surface area (Å²) in [5, 5.41) is 2.79. The number of rotatable bonds is 8. The summed E-state index contributed by atoms with van der Waals surface area (Å²) < 4.78 is 5.43. The Kier molecular flexibility index (Phi) is 7.11. The first-order valence-electron chi connectivity index (χ1n) is 6.62. The lowest BCUT2D eigenvalue weighted by molar-refractivity contribution is 0.0920. The van der Waals surface area contributed by atoms with Gasteiger partial charge in [-0.25, -0.2) is 0 Å². The Bertz CT molecular complexity index is 446. The van der Waals surface area contributed by atoms with Crippen LogP contribution in [0.1, 0.15) is 36.3 Å². The number of hydrogen-bond donors (Lipinski definition) is 2. The highest BCUT2D eigenvalue weighted by Gasteiger charge is 2.06. The van der Waals surface area contributed by atoms with Gasteiger partial charge >= 0.3 is 0 Å². The maximum atomic E-state index is 11.8. The maximum absolute atomic E-state index is 11.8. The number of carbonyl (C=O) groups is 1. The van der Waals surface area contributed by atoms with Crippen molar-refractivity contribution in [2.45, 2.75) is 20.3 Å². The van der Waals surface area contributed by atoms with Crippen LogP contribution in [0, 0.1) is 5.92 Å². The standard InChI is InChI=1S/C14H21N3O2S/c1-10(2)9-19-7-3-6-16-14(18)12-5-4-11(8-17-12)13(15)20/h4-5,8,10H,3,6-7,9H2,1-2H3,(H2,15,20)(H,16,18). The summed E-state index contributed by atoms with van der Waals surface area (Å²) in [6, 6.07) is 3.30. The van der Waals surface area contributed by atoms with Crippen molar-refractivity contribution in [3.63, 3.8) is 0 Å². The highest BCUT2D eigenvalue weighted by atomic mass is 32.1. The van der Waals surface area contributed by atoms with Crippen molar-refractivity contribution in [2.24, 2.45) is 11.7 Å². The summed E-state index contributed by atoms with van der Waals surface area (Å²) >= 11 is 4.82. The van der Waals surface area contributed by atoms with Crippen LogP contribution in [-0.2, 0) is 4.74 Å². The quantitative estimate of drug-likeness (QED) is 0.561. The van der Waals surface area contributed by atoms with Crippen molar-refractivity contribution in [3.05, 3.63) is 29.6 Å². The van der Waals surface area contributed by atoms with Crippen LogP contribution in [0.4, 0.5) is 0 Å². The van der Waals surface area contributed by atoms with Gasteiger partial charge in [0.2, 0.25) is 0 Å². The first-order valence-corrected chi connectivity index (χ1v) is 7.03. The van der Waals surface area contributed by atoms with Gasteiger partial charge in [-0.1, -0.05) is 26.1 Å². The molecular formula is C14H21N3O2S. The fraction of sp³-hybridized carbons (Fsp3) is 0.500. The van der Waals surface area contributed by atoms with Gasteiger partial charge in [0.05, 0.1) is 0 Å². The number of ether oxygens (including phenoxy) is 1. The molecule has 6 heteroatoms. The van der Waals surface area contributed by atoms with Crippen LogP contribution in [0.2, 0.25) is 0 Å². The highest BCUT2D eigenvalue weighted by molar-refractivity contribution is 7.80. The second-order valence-corrected chi connectivity index (χ2v) is 5.31. The summed E-state index contributed by atoms with van der Waals surface area (Å²) in [4.78, 5) is 16.1. The van der Waals surface area contributed by atoms with Gasteiger partial charge in [-0.05, 0) is 24.5 Å². The zero-order valence-corrected chi connectivity index (χ0v) is 12.7. The second kappa shape index (κ2) is 8.60. The molecule has 5 nitrogen and oxygen atoms in total. The molecule has 0 aromatic carbocycles. The molecule has 0 aliphatic rings. The molecule has 1 amide bonds. The summed E-state index contributed by atoms with van der Waals surface area (Å²) in [6.45, 7) is 6.16. The predicted octanol–water partition coefficient (Wildman–Crippen LogP) is 1.51. The number of thiocarbonyl (C=S) groups is 1. The van der Waals surface area contributed by atoms with E-state index in [9.17, 15) is 4.79 Å². The summed E-state index contributed by atoms with van der Waals surface area (Å²) in [5.41, 5.74) is 6.47. The Hall–Kier alpha value is -1.53. The molecule has 1 rings (SSSR count). The van der Waals surface area contributed by atoms with Crippen molar-refractivity contribution in [1.29, 1.82) is 0 Å². The fourth-order valence-corrected chi connectivity index (χ4v) is 1.58. The molecule has 3 N–H and O–H groups in total. The number of aromatic nitrogens is 1. The van der Waals surface area contributed by atoms with Crippen molar-refractivity contribution in [1.82, 2.24) is 10.3 Å². The van der Waals surface area contributed by atoms with Gasteiger partial charge in [0, 0.05) is 31.5 Å². The molecule has 1 heterocycles. The molecule has 0 saturated carbocycles. The van der Waals surface area contributed by atoms with Crippen LogP contribution in [0.5, 0.6) is 0 Å². The minimum Gasteiger partial charge on any atom is -0.389 e. The smallest absolute Gasteiger partial charge is 0.269 e. The zero-order chi connectivity index (χ0) is 15.0. The van der Waals surface area contributed by atoms with Gasteiger partial charge in [0.25, 0.3) is 5.91 Å². The lowest BCUT2D eigenvalue weighted by Gasteiger charge is -2.07. The number of amides is 1. The van der Waals surface area contributed by atoms with Gasteiger partial charge in [-0.15, -0.1) is 0 Å². The molecule has 1 aromatic rings. The molecule has 0 spiro atoms. The minimum absolute atomic E-state index is 0.205. The first kappa shape index (κ1) is 16.5. The summed E-state index contributed by atoms with van der Waals surface area (Å²) in [6.07, 6.45) is 2.28. The van der Waals surface area contributed by atoms with E-state index in [2.05, 4.69) is 24.1 Å². The van der Waals surface area contributed by atoms with Crippen LogP contribution in [0.3, 0.4) is 0 Å². The van der Waals surface area contributed by atoms with Gasteiger partial charge in [0.15, 0.2) is 0 Å². The molecule has 0 aliphatic carbocycles. The summed E-state index contributed by atoms with van der Waals surface area (Å²) in [5.74, 6) is 0.323. The molecule has 0 saturated heterocycles. The Morgan fingerprint density at radius 2 is 2.25 bits per heavy atom. The zero-order valence-electron chi connectivity index (χ0n) is 11.9. The average molecular weight is 295 g/mol. The minimum atomic E-state index is -0.205. The molecule has 110 valence electrons. The topological polar surface area (TPSA) is 77.2 Å². The van der Waals surface area contributed by atoms with Crippen molar-refractivity contribution in [2.75, 3.05) is 19.8 Å². The highest BCUT2D eigenvalue weighted by Crippen LogP contribution is 2.00. The van der Waals surface area contributed by atoms with E-state index in [1.54, 1.807) is 12.1 Å². The Balaban J connectivity index is 2.27. The van der Waals surface area contributed by atoms with E-state index in [0.29, 0.717) is 30.3 Å². The third-order valence-corrected chi connectivity index (χ3v) is 2.72. The normalized spacial score (nSPS) is 10.6. The van der Waals surface area contributed by atoms with E-state index >= 15 is 0 Å². The van der Waals surface area contributed by atoms with Crippen molar-refractivity contribution in [3.8, 4) is 0 Å². The monoisotopic (exact) mass is 295 g/mol. The molecule has 0 atom stereocenters. The van der Waals surface area contributed by atoms with Crippen LogP contribution in [-0.4, -0.2) is 35.6 Å². The van der Waals surface area contributed by atoms with Crippen molar-refractivity contribution < 1.29 is 9.53 Å². The van der Waals surface area contributed by atoms with Gasteiger partial charge in [-0.3, -0.25) is 9.78 Å². The molecule has 0 radical (unpaired) electrons. The predicted molar refractivity (Wildman–Crippen MR) is 82.7 cm³/mol.